The van der Waals surface area contributed by atoms with Crippen molar-refractivity contribution in [2.45, 2.75) is 19.9 Å². The van der Waals surface area contributed by atoms with Crippen molar-refractivity contribution in [2.24, 2.45) is 0 Å². The van der Waals surface area contributed by atoms with Crippen LogP contribution in [0.2, 0.25) is 0 Å². The summed E-state index contributed by atoms with van der Waals surface area (Å²) in [6, 6.07) is 11.4. The Morgan fingerprint density at radius 1 is 1.17 bits per heavy atom. The monoisotopic (exact) mass is 610 g/mol. The number of amides is 3. The van der Waals surface area contributed by atoms with Crippen molar-refractivity contribution in [3.05, 3.63) is 56.5 Å². The molecule has 1 atom stereocenters. The number of nitrogens with zero attached hydrogens (tertiary/aromatic N) is 1. The molecule has 1 heterocycles. The molecule has 3 rings (SSSR count). The van der Waals surface area contributed by atoms with Crippen LogP contribution in [0, 0.1) is 3.57 Å². The normalized spacial score (nSPS) is 15.2. The summed E-state index contributed by atoms with van der Waals surface area (Å²) in [4.78, 5) is 50.3. The van der Waals surface area contributed by atoms with Gasteiger partial charge in [0.15, 0.2) is 18.1 Å². The van der Waals surface area contributed by atoms with Crippen LogP contribution in [0.3, 0.4) is 0 Å². The Kier molecular flexibility index (Phi) is 9.15. The molecule has 0 bridgehead atoms. The van der Waals surface area contributed by atoms with Gasteiger partial charge in [-0.3, -0.25) is 19.3 Å². The highest BCUT2D eigenvalue weighted by molar-refractivity contribution is 14.1. The molecule has 1 saturated heterocycles. The summed E-state index contributed by atoms with van der Waals surface area (Å²) in [5, 5.41) is 2.20. The smallest absolute Gasteiger partial charge is 0.328 e. The van der Waals surface area contributed by atoms with Crippen molar-refractivity contribution in [3.63, 3.8) is 0 Å². The van der Waals surface area contributed by atoms with E-state index in [2.05, 4.69) is 10.1 Å². The molecule has 1 fully saturated rings. The van der Waals surface area contributed by atoms with Gasteiger partial charge >= 0.3 is 5.97 Å². The van der Waals surface area contributed by atoms with Crippen LogP contribution in [0.5, 0.6) is 11.5 Å². The molecule has 0 aliphatic carbocycles. The second-order valence-corrected chi connectivity index (χ2v) is 9.37. The van der Waals surface area contributed by atoms with Gasteiger partial charge in [0.05, 0.1) is 22.2 Å². The molecule has 11 heteroatoms. The number of para-hydroxylation sites is 1. The van der Waals surface area contributed by atoms with Crippen molar-refractivity contribution in [1.82, 2.24) is 4.90 Å². The van der Waals surface area contributed by atoms with E-state index >= 15 is 0 Å². The maximum Gasteiger partial charge on any atom is 0.328 e. The number of ether oxygens (including phenoxy) is 3. The highest BCUT2D eigenvalue weighted by Gasteiger charge is 2.41. The molecule has 1 aliphatic heterocycles. The maximum atomic E-state index is 12.8. The van der Waals surface area contributed by atoms with Gasteiger partial charge in [-0.15, -0.1) is 0 Å². The number of benzene rings is 2. The van der Waals surface area contributed by atoms with Crippen molar-refractivity contribution in [1.29, 1.82) is 0 Å². The quantitative estimate of drug-likeness (QED) is 0.254. The Morgan fingerprint density at radius 2 is 1.89 bits per heavy atom. The summed E-state index contributed by atoms with van der Waals surface area (Å²) in [6.07, 6.45) is 1.55. The van der Waals surface area contributed by atoms with Crippen molar-refractivity contribution in [2.75, 3.05) is 25.6 Å². The van der Waals surface area contributed by atoms with Crippen LogP contribution in [0.1, 0.15) is 19.4 Å². The molecule has 1 N–H and O–H groups in total. The van der Waals surface area contributed by atoms with E-state index in [9.17, 15) is 19.2 Å². The fourth-order valence-corrected chi connectivity index (χ4v) is 4.86. The number of nitrogens with one attached hydrogen (secondary N) is 1. The largest absolute Gasteiger partial charge is 0.490 e. The van der Waals surface area contributed by atoms with Gasteiger partial charge in [-0.25, -0.2) is 4.79 Å². The van der Waals surface area contributed by atoms with Crippen LogP contribution in [0.25, 0.3) is 6.08 Å². The maximum absolute atomic E-state index is 12.8. The lowest BCUT2D eigenvalue weighted by Crippen LogP contribution is -2.42. The number of methoxy groups -OCH3 is 1. The Morgan fingerprint density at radius 3 is 2.54 bits per heavy atom. The summed E-state index contributed by atoms with van der Waals surface area (Å²) in [7, 11) is 1.19. The number of hydrogen-bond donors (Lipinski definition) is 1. The predicted molar refractivity (Wildman–Crippen MR) is 140 cm³/mol. The molecule has 0 radical (unpaired) electrons. The van der Waals surface area contributed by atoms with Crippen LogP contribution >= 0.6 is 34.4 Å². The highest BCUT2D eigenvalue weighted by Crippen LogP contribution is 2.38. The zero-order valence-corrected chi connectivity index (χ0v) is 22.2. The molecule has 3 amide bonds. The van der Waals surface area contributed by atoms with Gasteiger partial charge < -0.3 is 19.5 Å². The van der Waals surface area contributed by atoms with Gasteiger partial charge in [-0.05, 0) is 84.1 Å². The number of thioether (sulfide) groups is 1. The minimum atomic E-state index is -1.03. The Labute approximate surface area is 220 Å². The second kappa shape index (κ2) is 12.1. The highest BCUT2D eigenvalue weighted by atomic mass is 127. The van der Waals surface area contributed by atoms with E-state index in [1.165, 1.54) is 14.0 Å². The van der Waals surface area contributed by atoms with Gasteiger partial charge in [0.2, 0.25) is 0 Å². The van der Waals surface area contributed by atoms with E-state index in [1.54, 1.807) is 30.3 Å². The number of halogens is 1. The van der Waals surface area contributed by atoms with Crippen LogP contribution in [0.15, 0.2) is 47.4 Å². The first-order valence-corrected chi connectivity index (χ1v) is 12.4. The molecule has 9 nitrogen and oxygen atoms in total. The Balaban J connectivity index is 1.79. The number of esters is 1. The predicted octanol–water partition coefficient (Wildman–Crippen LogP) is 4.31. The Hall–Kier alpha value is -3.06. The van der Waals surface area contributed by atoms with Gasteiger partial charge in [0, 0.05) is 5.69 Å². The molecule has 0 unspecified atom stereocenters. The van der Waals surface area contributed by atoms with E-state index in [0.717, 1.165) is 16.7 Å². The number of rotatable bonds is 9. The molecular formula is C24H23IN2O7S. The van der Waals surface area contributed by atoms with E-state index in [1.807, 2.05) is 47.7 Å². The average molecular weight is 610 g/mol. The lowest BCUT2D eigenvalue weighted by Gasteiger charge is -2.18. The fraction of sp³-hybridized carbons (Fsp3) is 0.250. The van der Waals surface area contributed by atoms with Crippen molar-refractivity contribution in [3.8, 4) is 11.5 Å². The van der Waals surface area contributed by atoms with Crippen molar-refractivity contribution < 1.29 is 33.4 Å². The SMILES string of the molecule is CCOc1cc(/C=C2/SC(=O)N([C@@H](C)C(=O)OC)C2=O)cc(I)c1OCC(=O)Nc1ccccc1. The lowest BCUT2D eigenvalue weighted by atomic mass is 10.1. The molecule has 0 saturated carbocycles. The van der Waals surface area contributed by atoms with E-state index in [4.69, 9.17) is 9.47 Å². The molecule has 184 valence electrons. The third-order valence-electron chi connectivity index (χ3n) is 4.79. The van der Waals surface area contributed by atoms with Crippen molar-refractivity contribution >= 4 is 69.1 Å². The zero-order chi connectivity index (χ0) is 25.5. The number of carbonyl (C=O) groups is 4. The molecule has 1 aliphatic rings. The minimum Gasteiger partial charge on any atom is -0.490 e. The molecular weight excluding hydrogens is 587 g/mol. The summed E-state index contributed by atoms with van der Waals surface area (Å²) < 4.78 is 16.8. The third kappa shape index (κ3) is 6.54. The third-order valence-corrected chi connectivity index (χ3v) is 6.47. The molecule has 0 spiro atoms. The van der Waals surface area contributed by atoms with Crippen LogP contribution in [0.4, 0.5) is 10.5 Å². The minimum absolute atomic E-state index is 0.167. The van der Waals surface area contributed by atoms with E-state index in [0.29, 0.717) is 32.9 Å². The Bertz CT molecular complexity index is 1170. The second-order valence-electron chi connectivity index (χ2n) is 7.22. The average Bonchev–Trinajstić information content (AvgIpc) is 3.10. The van der Waals surface area contributed by atoms with Crippen LogP contribution in [-0.4, -0.2) is 54.3 Å². The van der Waals surface area contributed by atoms with Crippen LogP contribution < -0.4 is 14.8 Å². The summed E-state index contributed by atoms with van der Waals surface area (Å²) in [5.74, 6) is -0.809. The first-order chi connectivity index (χ1) is 16.7. The van der Waals surface area contributed by atoms with Gasteiger partial charge in [0.25, 0.3) is 17.1 Å². The first kappa shape index (κ1) is 26.5. The van der Waals surface area contributed by atoms with E-state index < -0.39 is 23.2 Å². The number of hydrogen-bond acceptors (Lipinski definition) is 8. The van der Waals surface area contributed by atoms with Gasteiger partial charge in [-0.2, -0.15) is 0 Å². The van der Waals surface area contributed by atoms with Gasteiger partial charge in [-0.1, -0.05) is 18.2 Å². The topological polar surface area (TPSA) is 111 Å². The first-order valence-electron chi connectivity index (χ1n) is 10.5. The molecule has 2 aromatic rings. The number of anilines is 1. The standard InChI is InChI=1S/C24H23IN2O7S/c1-4-33-18-11-15(12-19-22(29)27(24(31)35-19)14(2)23(30)32-3)10-17(25)21(18)34-13-20(28)26-16-8-6-5-7-9-16/h5-12,14H,4,13H2,1-3H3,(H,26,28)/b19-12+/t14-/m0/s1. The van der Waals surface area contributed by atoms with Gasteiger partial charge in [0.1, 0.15) is 6.04 Å². The summed E-state index contributed by atoms with van der Waals surface area (Å²) >= 11 is 2.79. The summed E-state index contributed by atoms with van der Waals surface area (Å²) in [5.41, 5.74) is 1.25. The molecule has 0 aromatic heterocycles. The number of imide groups is 1. The van der Waals surface area contributed by atoms with E-state index in [-0.39, 0.29) is 17.4 Å². The molecule has 35 heavy (non-hydrogen) atoms. The zero-order valence-electron chi connectivity index (χ0n) is 19.2. The lowest BCUT2D eigenvalue weighted by molar-refractivity contribution is -0.148. The molecule has 2 aromatic carbocycles. The summed E-state index contributed by atoms with van der Waals surface area (Å²) in [6.45, 7) is 3.36. The number of carbonyl (C=O) groups excluding carboxylic acids is 4. The fourth-order valence-electron chi connectivity index (χ4n) is 3.17. The van der Waals surface area contributed by atoms with Crippen LogP contribution in [-0.2, 0) is 19.1 Å².